The molecular weight excluding hydrogens is 252 g/mol. The number of nitrogens with zero attached hydrogens (tertiary/aromatic N) is 1. The number of carbonyl (C=O) groups is 1. The fourth-order valence-electron chi connectivity index (χ4n) is 3.67. The molecule has 2 aliphatic rings. The first-order chi connectivity index (χ1) is 9.67. The summed E-state index contributed by atoms with van der Waals surface area (Å²) in [4.78, 5) is 14.8. The van der Waals surface area contributed by atoms with Gasteiger partial charge in [-0.2, -0.15) is 0 Å². The number of carbonyl (C=O) groups excluding carboxylic acids is 1. The molecule has 1 N–H and O–H groups in total. The Hall–Kier alpha value is -0.610. The van der Waals surface area contributed by atoms with E-state index in [4.69, 9.17) is 4.74 Å². The Kier molecular flexibility index (Phi) is 5.85. The highest BCUT2D eigenvalue weighted by Gasteiger charge is 2.40. The molecule has 4 unspecified atom stereocenters. The van der Waals surface area contributed by atoms with E-state index in [1.165, 1.54) is 25.7 Å². The molecule has 20 heavy (non-hydrogen) atoms. The van der Waals surface area contributed by atoms with E-state index in [-0.39, 0.29) is 11.9 Å². The summed E-state index contributed by atoms with van der Waals surface area (Å²) in [7, 11) is 1.70. The van der Waals surface area contributed by atoms with Gasteiger partial charge in [0.05, 0.1) is 12.6 Å². The molecule has 0 radical (unpaired) electrons. The Bertz CT molecular complexity index is 308. The van der Waals surface area contributed by atoms with Crippen LogP contribution in [0.5, 0.6) is 0 Å². The minimum Gasteiger partial charge on any atom is -0.383 e. The molecule has 1 amide bonds. The summed E-state index contributed by atoms with van der Waals surface area (Å²) in [6.07, 6.45) is 7.22. The lowest BCUT2D eigenvalue weighted by Gasteiger charge is -2.31. The van der Waals surface area contributed by atoms with Crippen LogP contribution in [0.1, 0.15) is 52.4 Å². The van der Waals surface area contributed by atoms with E-state index in [1.54, 1.807) is 7.11 Å². The lowest BCUT2D eigenvalue weighted by Crippen LogP contribution is -2.49. The van der Waals surface area contributed by atoms with Crippen molar-refractivity contribution in [2.45, 2.75) is 70.5 Å². The van der Waals surface area contributed by atoms with E-state index in [1.807, 2.05) is 4.90 Å². The van der Waals surface area contributed by atoms with E-state index < -0.39 is 0 Å². The molecule has 0 aromatic heterocycles. The molecule has 4 atom stereocenters. The van der Waals surface area contributed by atoms with Gasteiger partial charge in [0.2, 0.25) is 5.91 Å². The zero-order chi connectivity index (χ0) is 14.5. The van der Waals surface area contributed by atoms with Crippen molar-refractivity contribution in [1.29, 1.82) is 0 Å². The van der Waals surface area contributed by atoms with Crippen molar-refractivity contribution in [1.82, 2.24) is 10.2 Å². The molecule has 0 aromatic carbocycles. The van der Waals surface area contributed by atoms with E-state index in [9.17, 15) is 4.79 Å². The van der Waals surface area contributed by atoms with Crippen LogP contribution in [0, 0.1) is 5.92 Å². The van der Waals surface area contributed by atoms with Crippen molar-refractivity contribution < 1.29 is 9.53 Å². The SMILES string of the molecule is CCC(C)N(CCOC)C(=O)C1CC2CCCCC2N1. The smallest absolute Gasteiger partial charge is 0.240 e. The van der Waals surface area contributed by atoms with Crippen LogP contribution >= 0.6 is 0 Å². The molecule has 116 valence electrons. The molecule has 0 spiro atoms. The Morgan fingerprint density at radius 1 is 1.40 bits per heavy atom. The first-order valence-corrected chi connectivity index (χ1v) is 8.22. The van der Waals surface area contributed by atoms with Gasteiger partial charge in [0.1, 0.15) is 0 Å². The number of fused-ring (bicyclic) bond motifs is 1. The van der Waals surface area contributed by atoms with Gasteiger partial charge in [-0.25, -0.2) is 0 Å². The Morgan fingerprint density at radius 2 is 2.15 bits per heavy atom. The maximum atomic E-state index is 12.8. The number of amides is 1. The second-order valence-corrected chi connectivity index (χ2v) is 6.39. The van der Waals surface area contributed by atoms with Crippen LogP contribution in [0.4, 0.5) is 0 Å². The Morgan fingerprint density at radius 3 is 2.80 bits per heavy atom. The second kappa shape index (κ2) is 7.41. The molecule has 4 nitrogen and oxygen atoms in total. The predicted octanol–water partition coefficient (Wildman–Crippen LogP) is 2.18. The lowest BCUT2D eigenvalue weighted by atomic mass is 9.85. The van der Waals surface area contributed by atoms with Crippen LogP contribution in [-0.2, 0) is 9.53 Å². The summed E-state index contributed by atoms with van der Waals surface area (Å²) in [5.41, 5.74) is 0. The number of ether oxygens (including phenoxy) is 1. The van der Waals surface area contributed by atoms with Crippen molar-refractivity contribution in [3.05, 3.63) is 0 Å². The van der Waals surface area contributed by atoms with Crippen LogP contribution in [0.3, 0.4) is 0 Å². The average molecular weight is 282 g/mol. The molecule has 1 aliphatic carbocycles. The molecule has 0 bridgehead atoms. The van der Waals surface area contributed by atoms with Crippen molar-refractivity contribution in [2.75, 3.05) is 20.3 Å². The van der Waals surface area contributed by atoms with Gasteiger partial charge in [-0.1, -0.05) is 19.8 Å². The highest BCUT2D eigenvalue weighted by molar-refractivity contribution is 5.82. The first kappa shape index (κ1) is 15.8. The predicted molar refractivity (Wildman–Crippen MR) is 80.6 cm³/mol. The zero-order valence-corrected chi connectivity index (χ0v) is 13.2. The van der Waals surface area contributed by atoms with Crippen molar-refractivity contribution in [3.8, 4) is 0 Å². The van der Waals surface area contributed by atoms with Gasteiger partial charge in [0.25, 0.3) is 0 Å². The van der Waals surface area contributed by atoms with Gasteiger partial charge in [-0.3, -0.25) is 4.79 Å². The highest BCUT2D eigenvalue weighted by Crippen LogP contribution is 2.33. The number of methoxy groups -OCH3 is 1. The summed E-state index contributed by atoms with van der Waals surface area (Å²) >= 11 is 0. The number of hydrogen-bond donors (Lipinski definition) is 1. The normalized spacial score (nSPS) is 30.9. The second-order valence-electron chi connectivity index (χ2n) is 6.39. The molecule has 2 fully saturated rings. The van der Waals surface area contributed by atoms with E-state index in [2.05, 4.69) is 19.2 Å². The fraction of sp³-hybridized carbons (Fsp3) is 0.938. The summed E-state index contributed by atoms with van der Waals surface area (Å²) in [5.74, 6) is 1.00. The summed E-state index contributed by atoms with van der Waals surface area (Å²) in [6, 6.07) is 0.912. The van der Waals surface area contributed by atoms with Crippen molar-refractivity contribution in [3.63, 3.8) is 0 Å². The maximum Gasteiger partial charge on any atom is 0.240 e. The standard InChI is InChI=1S/C16H30N2O2/c1-4-12(2)18(9-10-20-3)16(19)15-11-13-7-5-6-8-14(13)17-15/h12-15,17H,4-11H2,1-3H3. The third kappa shape index (κ3) is 3.53. The third-order valence-corrected chi connectivity index (χ3v) is 5.10. The zero-order valence-electron chi connectivity index (χ0n) is 13.2. The summed E-state index contributed by atoms with van der Waals surface area (Å²) < 4.78 is 5.16. The van der Waals surface area contributed by atoms with Gasteiger partial charge in [-0.15, -0.1) is 0 Å². The highest BCUT2D eigenvalue weighted by atomic mass is 16.5. The minimum atomic E-state index is 0.0361. The first-order valence-electron chi connectivity index (χ1n) is 8.22. The van der Waals surface area contributed by atoms with Gasteiger partial charge < -0.3 is 15.0 Å². The quantitative estimate of drug-likeness (QED) is 0.812. The molecule has 2 rings (SSSR count). The van der Waals surface area contributed by atoms with E-state index in [0.29, 0.717) is 25.2 Å². The summed E-state index contributed by atoms with van der Waals surface area (Å²) in [6.45, 7) is 5.60. The monoisotopic (exact) mass is 282 g/mol. The fourth-order valence-corrected chi connectivity index (χ4v) is 3.67. The van der Waals surface area contributed by atoms with Gasteiger partial charge in [0.15, 0.2) is 0 Å². The van der Waals surface area contributed by atoms with Crippen LogP contribution in [0.15, 0.2) is 0 Å². The van der Waals surface area contributed by atoms with Gasteiger partial charge in [0, 0.05) is 25.7 Å². The number of hydrogen-bond acceptors (Lipinski definition) is 3. The van der Waals surface area contributed by atoms with Crippen LogP contribution in [0.2, 0.25) is 0 Å². The van der Waals surface area contributed by atoms with Crippen molar-refractivity contribution in [2.24, 2.45) is 5.92 Å². The van der Waals surface area contributed by atoms with Crippen LogP contribution in [-0.4, -0.2) is 49.2 Å². The molecule has 1 saturated carbocycles. The molecule has 4 heteroatoms. The Balaban J connectivity index is 1.96. The molecule has 1 saturated heterocycles. The van der Waals surface area contributed by atoms with E-state index in [0.717, 1.165) is 18.8 Å². The third-order valence-electron chi connectivity index (χ3n) is 5.10. The largest absolute Gasteiger partial charge is 0.383 e. The summed E-state index contributed by atoms with van der Waals surface area (Å²) in [5, 5.41) is 3.60. The van der Waals surface area contributed by atoms with Crippen LogP contribution in [0.25, 0.3) is 0 Å². The van der Waals surface area contributed by atoms with Crippen LogP contribution < -0.4 is 5.32 Å². The lowest BCUT2D eigenvalue weighted by molar-refractivity contribution is -0.136. The molecular formula is C16H30N2O2. The van der Waals surface area contributed by atoms with Gasteiger partial charge >= 0.3 is 0 Å². The Labute approximate surface area is 123 Å². The van der Waals surface area contributed by atoms with E-state index >= 15 is 0 Å². The maximum absolute atomic E-state index is 12.8. The number of nitrogens with one attached hydrogen (secondary N) is 1. The van der Waals surface area contributed by atoms with Crippen molar-refractivity contribution >= 4 is 5.91 Å². The van der Waals surface area contributed by atoms with Gasteiger partial charge in [-0.05, 0) is 38.5 Å². The average Bonchev–Trinajstić information content (AvgIpc) is 2.90. The topological polar surface area (TPSA) is 41.6 Å². The minimum absolute atomic E-state index is 0.0361. The number of rotatable bonds is 6. The molecule has 1 heterocycles. The molecule has 1 aliphatic heterocycles. The molecule has 0 aromatic rings.